The minimum absolute atomic E-state index is 0.382. The standard InChI is InChI=1S/C26H18O2/c1-28-26(27)19-18-25-9-5-8-24(20-25)17-16-23-14-12-22(13-15-23)11-10-21-6-3-2-4-7-21/h2-9,12-15,18-20H,1H3/b19-18+. The highest BCUT2D eigenvalue weighted by Crippen LogP contribution is 2.08. The van der Waals surface area contributed by atoms with Crippen LogP contribution in [-0.2, 0) is 9.53 Å². The summed E-state index contributed by atoms with van der Waals surface area (Å²) in [6.07, 6.45) is 3.10. The van der Waals surface area contributed by atoms with Crippen LogP contribution in [0.25, 0.3) is 6.08 Å². The molecule has 2 heteroatoms. The Morgan fingerprint density at radius 1 is 0.714 bits per heavy atom. The van der Waals surface area contributed by atoms with Crippen LogP contribution in [0.5, 0.6) is 0 Å². The van der Waals surface area contributed by atoms with Gasteiger partial charge in [-0.1, -0.05) is 54.0 Å². The average Bonchev–Trinajstić information content (AvgIpc) is 2.76. The van der Waals surface area contributed by atoms with E-state index in [1.807, 2.05) is 78.9 Å². The molecule has 0 aliphatic rings. The van der Waals surface area contributed by atoms with Gasteiger partial charge in [-0.2, -0.15) is 0 Å². The first-order valence-corrected chi connectivity index (χ1v) is 8.78. The number of esters is 1. The monoisotopic (exact) mass is 362 g/mol. The van der Waals surface area contributed by atoms with E-state index in [2.05, 4.69) is 28.4 Å². The highest BCUT2D eigenvalue weighted by atomic mass is 16.5. The molecule has 134 valence electrons. The molecule has 3 rings (SSSR count). The molecule has 0 fully saturated rings. The van der Waals surface area contributed by atoms with E-state index in [1.165, 1.54) is 13.2 Å². The topological polar surface area (TPSA) is 26.3 Å². The number of rotatable bonds is 2. The third-order valence-electron chi connectivity index (χ3n) is 3.86. The fourth-order valence-electron chi connectivity index (χ4n) is 2.40. The number of benzene rings is 3. The van der Waals surface area contributed by atoms with Crippen molar-refractivity contribution in [3.8, 4) is 23.7 Å². The van der Waals surface area contributed by atoms with Crippen molar-refractivity contribution in [2.45, 2.75) is 0 Å². The van der Waals surface area contributed by atoms with Gasteiger partial charge in [-0.15, -0.1) is 0 Å². The quantitative estimate of drug-likeness (QED) is 0.376. The smallest absolute Gasteiger partial charge is 0.330 e. The van der Waals surface area contributed by atoms with Crippen LogP contribution in [0.4, 0.5) is 0 Å². The Morgan fingerprint density at radius 3 is 1.86 bits per heavy atom. The van der Waals surface area contributed by atoms with Gasteiger partial charge >= 0.3 is 5.97 Å². The van der Waals surface area contributed by atoms with Crippen molar-refractivity contribution in [2.24, 2.45) is 0 Å². The number of hydrogen-bond acceptors (Lipinski definition) is 2. The zero-order valence-corrected chi connectivity index (χ0v) is 15.5. The second-order valence-electron chi connectivity index (χ2n) is 5.93. The van der Waals surface area contributed by atoms with Crippen molar-refractivity contribution < 1.29 is 9.53 Å². The predicted molar refractivity (Wildman–Crippen MR) is 112 cm³/mol. The Bertz CT molecular complexity index is 1100. The molecule has 0 saturated carbocycles. The molecule has 3 aromatic rings. The Kier molecular flexibility index (Phi) is 6.45. The molecule has 0 aromatic heterocycles. The van der Waals surface area contributed by atoms with E-state index in [-0.39, 0.29) is 5.97 Å². The molecule has 0 N–H and O–H groups in total. The van der Waals surface area contributed by atoms with Gasteiger partial charge in [0.15, 0.2) is 0 Å². The van der Waals surface area contributed by atoms with Crippen molar-refractivity contribution in [3.05, 3.63) is 113 Å². The summed E-state index contributed by atoms with van der Waals surface area (Å²) in [7, 11) is 1.35. The Morgan fingerprint density at radius 2 is 1.25 bits per heavy atom. The summed E-state index contributed by atoms with van der Waals surface area (Å²) in [5.74, 6) is 12.2. The number of carbonyl (C=O) groups excluding carboxylic acids is 1. The maximum Gasteiger partial charge on any atom is 0.330 e. The first-order valence-electron chi connectivity index (χ1n) is 8.78. The van der Waals surface area contributed by atoms with Crippen LogP contribution in [0.1, 0.15) is 27.8 Å². The van der Waals surface area contributed by atoms with Gasteiger partial charge in [0.25, 0.3) is 0 Å². The van der Waals surface area contributed by atoms with E-state index in [9.17, 15) is 4.79 Å². The van der Waals surface area contributed by atoms with E-state index in [4.69, 9.17) is 0 Å². The molecule has 2 nitrogen and oxygen atoms in total. The predicted octanol–water partition coefficient (Wildman–Crippen LogP) is 4.67. The lowest BCUT2D eigenvalue weighted by atomic mass is 10.1. The van der Waals surface area contributed by atoms with Gasteiger partial charge in [-0.05, 0) is 60.2 Å². The summed E-state index contributed by atoms with van der Waals surface area (Å²) in [6, 6.07) is 25.4. The van der Waals surface area contributed by atoms with Gasteiger partial charge in [-0.25, -0.2) is 4.79 Å². The van der Waals surface area contributed by atoms with Gasteiger partial charge in [0, 0.05) is 28.3 Å². The minimum Gasteiger partial charge on any atom is -0.466 e. The Hall–Kier alpha value is -4.01. The second-order valence-corrected chi connectivity index (χ2v) is 5.93. The normalized spacial score (nSPS) is 9.75. The molecule has 0 saturated heterocycles. The maximum absolute atomic E-state index is 11.2. The summed E-state index contributed by atoms with van der Waals surface area (Å²) >= 11 is 0. The lowest BCUT2D eigenvalue weighted by molar-refractivity contribution is -0.134. The van der Waals surface area contributed by atoms with Gasteiger partial charge in [0.1, 0.15) is 0 Å². The van der Waals surface area contributed by atoms with Crippen LogP contribution in [0.2, 0.25) is 0 Å². The first-order chi connectivity index (χ1) is 13.7. The second kappa shape index (κ2) is 9.62. The fraction of sp³-hybridized carbons (Fsp3) is 0.0385. The molecule has 3 aromatic carbocycles. The summed E-state index contributed by atoms with van der Waals surface area (Å²) in [6.45, 7) is 0. The number of carbonyl (C=O) groups is 1. The molecule has 0 aliphatic carbocycles. The first kappa shape index (κ1) is 18.8. The largest absolute Gasteiger partial charge is 0.466 e. The highest BCUT2D eigenvalue weighted by Gasteiger charge is 1.94. The molecule has 0 amide bonds. The minimum atomic E-state index is -0.382. The van der Waals surface area contributed by atoms with Crippen molar-refractivity contribution in [1.29, 1.82) is 0 Å². The Balaban J connectivity index is 1.70. The zero-order valence-electron chi connectivity index (χ0n) is 15.5. The average molecular weight is 362 g/mol. The van der Waals surface area contributed by atoms with E-state index < -0.39 is 0 Å². The van der Waals surface area contributed by atoms with Gasteiger partial charge in [0.2, 0.25) is 0 Å². The fourth-order valence-corrected chi connectivity index (χ4v) is 2.40. The highest BCUT2D eigenvalue weighted by molar-refractivity contribution is 5.86. The van der Waals surface area contributed by atoms with Crippen molar-refractivity contribution in [1.82, 2.24) is 0 Å². The van der Waals surface area contributed by atoms with Crippen molar-refractivity contribution >= 4 is 12.0 Å². The van der Waals surface area contributed by atoms with Crippen LogP contribution in [-0.4, -0.2) is 13.1 Å². The summed E-state index contributed by atoms with van der Waals surface area (Å²) in [4.78, 5) is 11.2. The molecule has 28 heavy (non-hydrogen) atoms. The van der Waals surface area contributed by atoms with Crippen LogP contribution >= 0.6 is 0 Å². The van der Waals surface area contributed by atoms with Gasteiger partial charge in [-0.3, -0.25) is 0 Å². The number of methoxy groups -OCH3 is 1. The van der Waals surface area contributed by atoms with Gasteiger partial charge in [0.05, 0.1) is 7.11 Å². The molecule has 0 spiro atoms. The zero-order chi connectivity index (χ0) is 19.6. The molecule has 0 heterocycles. The van der Waals surface area contributed by atoms with E-state index in [0.717, 1.165) is 27.8 Å². The SMILES string of the molecule is COC(=O)/C=C/c1cccc(C#Cc2ccc(C#Cc3ccccc3)cc2)c1. The van der Waals surface area contributed by atoms with Crippen LogP contribution < -0.4 is 0 Å². The molecule has 0 atom stereocenters. The Labute approximate surface area is 165 Å². The lowest BCUT2D eigenvalue weighted by Gasteiger charge is -1.96. The van der Waals surface area contributed by atoms with Crippen LogP contribution in [0, 0.1) is 23.7 Å². The third kappa shape index (κ3) is 5.77. The van der Waals surface area contributed by atoms with E-state index in [0.29, 0.717) is 0 Å². The van der Waals surface area contributed by atoms with Gasteiger partial charge < -0.3 is 4.74 Å². The molecular weight excluding hydrogens is 344 g/mol. The van der Waals surface area contributed by atoms with Crippen LogP contribution in [0.3, 0.4) is 0 Å². The third-order valence-corrected chi connectivity index (χ3v) is 3.86. The van der Waals surface area contributed by atoms with Crippen molar-refractivity contribution in [3.63, 3.8) is 0 Å². The molecular formula is C26H18O2. The molecule has 0 unspecified atom stereocenters. The van der Waals surface area contributed by atoms with Crippen LogP contribution in [0.15, 0.2) is 84.9 Å². The molecule has 0 aliphatic heterocycles. The summed E-state index contributed by atoms with van der Waals surface area (Å²) in [5.41, 5.74) is 4.63. The van der Waals surface area contributed by atoms with Crippen molar-refractivity contribution in [2.75, 3.05) is 7.11 Å². The summed E-state index contributed by atoms with van der Waals surface area (Å²) < 4.78 is 4.60. The van der Waals surface area contributed by atoms with E-state index >= 15 is 0 Å². The van der Waals surface area contributed by atoms with E-state index in [1.54, 1.807) is 6.08 Å². The summed E-state index contributed by atoms with van der Waals surface area (Å²) in [5, 5.41) is 0. The number of ether oxygens (including phenoxy) is 1. The number of hydrogen-bond donors (Lipinski definition) is 0. The maximum atomic E-state index is 11.2. The lowest BCUT2D eigenvalue weighted by Crippen LogP contribution is -1.93. The molecule has 0 radical (unpaired) electrons. The molecule has 0 bridgehead atoms.